The summed E-state index contributed by atoms with van der Waals surface area (Å²) < 4.78 is 2.50. The van der Waals surface area contributed by atoms with Crippen LogP contribution >= 0.6 is 11.3 Å². The summed E-state index contributed by atoms with van der Waals surface area (Å²) in [5, 5.41) is 15.7. The van der Waals surface area contributed by atoms with E-state index in [4.69, 9.17) is 5.10 Å². The van der Waals surface area contributed by atoms with Crippen molar-refractivity contribution in [1.82, 2.24) is 15.4 Å². The maximum Gasteiger partial charge on any atom is 0.0976 e. The van der Waals surface area contributed by atoms with Gasteiger partial charge in [-0.3, -0.25) is 0 Å². The predicted molar refractivity (Wildman–Crippen MR) is 231 cm³/mol. The van der Waals surface area contributed by atoms with E-state index in [9.17, 15) is 0 Å². The highest BCUT2D eigenvalue weighted by atomic mass is 32.1. The Labute approximate surface area is 323 Å². The second kappa shape index (κ2) is 14.1. The minimum absolute atomic E-state index is 0.763. The lowest BCUT2D eigenvalue weighted by Gasteiger charge is -2.24. The minimum Gasteiger partial charge on any atom is -0.139 e. The molecule has 0 aliphatic heterocycles. The average molecular weight is 720 g/mol. The summed E-state index contributed by atoms with van der Waals surface area (Å²) >= 11 is 1.84. The Morgan fingerprint density at radius 2 is 0.855 bits per heavy atom. The Bertz CT molecular complexity index is 2960. The van der Waals surface area contributed by atoms with Crippen LogP contribution in [-0.4, -0.2) is 15.4 Å². The third kappa shape index (κ3) is 5.81. The molecule has 55 heavy (non-hydrogen) atoms. The Morgan fingerprint density at radius 1 is 0.327 bits per heavy atom. The summed E-state index contributed by atoms with van der Waals surface area (Å²) in [6, 6.07) is 69.6. The van der Waals surface area contributed by atoms with Gasteiger partial charge in [-0.1, -0.05) is 176 Å². The maximum absolute atomic E-state index is 4.80. The van der Waals surface area contributed by atoms with Crippen LogP contribution in [0.1, 0.15) is 0 Å². The van der Waals surface area contributed by atoms with Crippen molar-refractivity contribution in [2.24, 2.45) is 0 Å². The first kappa shape index (κ1) is 32.6. The smallest absolute Gasteiger partial charge is 0.0976 e. The van der Waals surface area contributed by atoms with E-state index in [2.05, 4.69) is 198 Å². The highest BCUT2D eigenvalue weighted by Crippen LogP contribution is 2.53. The summed E-state index contributed by atoms with van der Waals surface area (Å²) in [7, 11) is 0. The third-order valence-electron chi connectivity index (χ3n) is 10.4. The van der Waals surface area contributed by atoms with Crippen LogP contribution in [0.5, 0.6) is 0 Å². The van der Waals surface area contributed by atoms with Gasteiger partial charge in [-0.15, -0.1) is 21.5 Å². The van der Waals surface area contributed by atoms with Gasteiger partial charge in [-0.2, -0.15) is 0 Å². The van der Waals surface area contributed by atoms with Crippen LogP contribution in [-0.2, 0) is 0 Å². The van der Waals surface area contributed by atoms with Gasteiger partial charge in [-0.25, -0.2) is 0 Å². The zero-order valence-electron chi connectivity index (χ0n) is 29.8. The summed E-state index contributed by atoms with van der Waals surface area (Å²) in [5.74, 6) is 0. The summed E-state index contributed by atoms with van der Waals surface area (Å²) in [4.78, 5) is 0. The molecule has 10 rings (SSSR count). The van der Waals surface area contributed by atoms with Crippen molar-refractivity contribution in [2.75, 3.05) is 0 Å². The monoisotopic (exact) mass is 719 g/mol. The number of hydrogen-bond donors (Lipinski definition) is 0. The normalized spacial score (nSPS) is 11.3. The van der Waals surface area contributed by atoms with E-state index in [0.29, 0.717) is 0 Å². The molecule has 0 fully saturated rings. The van der Waals surface area contributed by atoms with Crippen LogP contribution in [0.25, 0.3) is 98.2 Å². The van der Waals surface area contributed by atoms with Crippen molar-refractivity contribution in [3.8, 4) is 78.0 Å². The SMILES string of the molecule is c1ccc(-c2ccccc2-c2ccc3sc4ccccc4c3c2-c2ccc(-c3ccccc3)c(-c3ccccc3-c3ccccc3)c2-c2ccnnn2)cc1. The Balaban J connectivity index is 1.40. The van der Waals surface area contributed by atoms with Crippen molar-refractivity contribution in [3.63, 3.8) is 0 Å². The largest absolute Gasteiger partial charge is 0.139 e. The molecule has 10 aromatic rings. The zero-order valence-corrected chi connectivity index (χ0v) is 30.6. The van der Waals surface area contributed by atoms with Crippen LogP contribution in [0, 0.1) is 0 Å². The molecule has 0 saturated carbocycles. The second-order valence-electron chi connectivity index (χ2n) is 13.6. The molecule has 0 unspecified atom stereocenters. The number of hydrogen-bond acceptors (Lipinski definition) is 4. The summed E-state index contributed by atoms with van der Waals surface area (Å²) in [6.45, 7) is 0. The second-order valence-corrected chi connectivity index (χ2v) is 14.6. The van der Waals surface area contributed by atoms with Gasteiger partial charge >= 0.3 is 0 Å². The molecule has 0 aliphatic carbocycles. The van der Waals surface area contributed by atoms with Gasteiger partial charge in [-0.05, 0) is 84.6 Å². The van der Waals surface area contributed by atoms with E-state index in [1.165, 1.54) is 42.4 Å². The van der Waals surface area contributed by atoms with E-state index in [1.54, 1.807) is 6.20 Å². The average Bonchev–Trinajstić information content (AvgIpc) is 3.66. The molecule has 0 saturated heterocycles. The number of fused-ring (bicyclic) bond motifs is 3. The van der Waals surface area contributed by atoms with Gasteiger partial charge < -0.3 is 0 Å². The van der Waals surface area contributed by atoms with Crippen LogP contribution in [0.2, 0.25) is 0 Å². The number of thiophene rings is 1. The van der Waals surface area contributed by atoms with Crippen molar-refractivity contribution in [3.05, 3.63) is 200 Å². The van der Waals surface area contributed by atoms with Gasteiger partial charge in [0, 0.05) is 31.3 Å². The number of rotatable bonds is 7. The molecule has 0 radical (unpaired) electrons. The number of aromatic nitrogens is 3. The van der Waals surface area contributed by atoms with Gasteiger partial charge in [0.25, 0.3) is 0 Å². The molecule has 8 aromatic carbocycles. The zero-order chi connectivity index (χ0) is 36.6. The molecule has 0 aliphatic rings. The lowest BCUT2D eigenvalue weighted by molar-refractivity contribution is 0.871. The van der Waals surface area contributed by atoms with Crippen molar-refractivity contribution in [1.29, 1.82) is 0 Å². The Kier molecular flexibility index (Phi) is 8.36. The van der Waals surface area contributed by atoms with Crippen molar-refractivity contribution >= 4 is 31.5 Å². The topological polar surface area (TPSA) is 38.7 Å². The molecule has 4 heteroatoms. The predicted octanol–water partition coefficient (Wildman–Crippen LogP) is 13.9. The molecular weight excluding hydrogens is 687 g/mol. The highest BCUT2D eigenvalue weighted by Gasteiger charge is 2.26. The quantitative estimate of drug-likeness (QED) is 0.165. The third-order valence-corrected chi connectivity index (χ3v) is 11.6. The molecule has 2 heterocycles. The number of benzene rings is 8. The molecule has 2 aromatic heterocycles. The summed E-state index contributed by atoms with van der Waals surface area (Å²) in [6.07, 6.45) is 1.75. The van der Waals surface area contributed by atoms with Gasteiger partial charge in [0.1, 0.15) is 0 Å². The molecule has 0 spiro atoms. The van der Waals surface area contributed by atoms with Crippen molar-refractivity contribution in [2.45, 2.75) is 0 Å². The molecule has 0 N–H and O–H groups in total. The minimum atomic E-state index is 0.763. The number of nitrogens with zero attached hydrogens (tertiary/aromatic N) is 3. The Morgan fingerprint density at radius 3 is 1.51 bits per heavy atom. The fourth-order valence-electron chi connectivity index (χ4n) is 8.07. The maximum atomic E-state index is 4.80. The highest BCUT2D eigenvalue weighted by molar-refractivity contribution is 7.26. The van der Waals surface area contributed by atoms with Crippen LogP contribution in [0.15, 0.2) is 200 Å². The lowest BCUT2D eigenvalue weighted by Crippen LogP contribution is -2.00. The molecule has 0 bridgehead atoms. The van der Waals surface area contributed by atoms with Gasteiger partial charge in [0.15, 0.2) is 0 Å². The lowest BCUT2D eigenvalue weighted by atomic mass is 9.79. The van der Waals surface area contributed by atoms with E-state index in [1.807, 2.05) is 17.4 Å². The van der Waals surface area contributed by atoms with Crippen LogP contribution < -0.4 is 0 Å². The molecular formula is C51H33N3S. The van der Waals surface area contributed by atoms with E-state index >= 15 is 0 Å². The van der Waals surface area contributed by atoms with Gasteiger partial charge in [0.2, 0.25) is 0 Å². The van der Waals surface area contributed by atoms with E-state index in [-0.39, 0.29) is 0 Å². The fourth-order valence-corrected chi connectivity index (χ4v) is 9.18. The molecule has 3 nitrogen and oxygen atoms in total. The van der Waals surface area contributed by atoms with Crippen LogP contribution in [0.3, 0.4) is 0 Å². The first-order chi connectivity index (χ1) is 27.3. The fraction of sp³-hybridized carbons (Fsp3) is 0. The first-order valence-electron chi connectivity index (χ1n) is 18.4. The molecule has 0 amide bonds. The first-order valence-corrected chi connectivity index (χ1v) is 19.3. The summed E-state index contributed by atoms with van der Waals surface area (Å²) in [5.41, 5.74) is 15.5. The molecule has 258 valence electrons. The van der Waals surface area contributed by atoms with E-state index in [0.717, 1.165) is 55.8 Å². The van der Waals surface area contributed by atoms with Crippen LogP contribution in [0.4, 0.5) is 0 Å². The standard InChI is InChI=1S/C51H33N3S/c1-4-16-34(17-5-1)37-22-10-12-24-40(37)42-30-31-47-51(43-26-14-15-27-46(43)55-47)49(42)44-29-28-39(36-20-8-3-9-21-36)48(50(44)45-32-33-52-54-53-45)41-25-13-11-23-38(41)35-18-6-2-7-19-35/h1-33H. The van der Waals surface area contributed by atoms with E-state index < -0.39 is 0 Å². The Hall–Kier alpha value is -7.01. The van der Waals surface area contributed by atoms with Gasteiger partial charge in [0.05, 0.1) is 11.9 Å². The molecule has 0 atom stereocenters. The van der Waals surface area contributed by atoms with Crippen molar-refractivity contribution < 1.29 is 0 Å².